The van der Waals surface area contributed by atoms with Crippen molar-refractivity contribution in [1.29, 1.82) is 0 Å². The number of anilines is 1. The van der Waals surface area contributed by atoms with Crippen LogP contribution in [0.5, 0.6) is 23.0 Å². The quantitative estimate of drug-likeness (QED) is 0.293. The van der Waals surface area contributed by atoms with Gasteiger partial charge in [0.15, 0.2) is 6.54 Å². The number of rotatable bonds is 14. The van der Waals surface area contributed by atoms with Crippen molar-refractivity contribution < 1.29 is 32.8 Å². The van der Waals surface area contributed by atoms with Crippen molar-refractivity contribution in [3.8, 4) is 23.0 Å². The van der Waals surface area contributed by atoms with Crippen LogP contribution in [0.2, 0.25) is 0 Å². The average molecular weight is 520 g/mol. The standard InChI is InChI=1S/C27H38N2O6S/c1-8-29(9-2,10-3)18-27(30)28-23-15-20(11-12-24(23)33-5)19-36(31)14-13-22-25(34-6)16-21(32-4)17-26(22)35-7/h11-17H,8-10,18-19H2,1-7H3/p+1/b14-13+. The fourth-order valence-electron chi connectivity index (χ4n) is 4.00. The fourth-order valence-corrected chi connectivity index (χ4v) is 4.89. The van der Waals surface area contributed by atoms with Crippen molar-refractivity contribution in [2.24, 2.45) is 0 Å². The van der Waals surface area contributed by atoms with E-state index in [0.717, 1.165) is 25.2 Å². The summed E-state index contributed by atoms with van der Waals surface area (Å²) in [5.74, 6) is 2.45. The van der Waals surface area contributed by atoms with E-state index in [1.165, 1.54) is 0 Å². The molecule has 0 spiro atoms. The van der Waals surface area contributed by atoms with E-state index in [0.29, 0.717) is 45.3 Å². The maximum atomic E-state index is 12.9. The topological polar surface area (TPSA) is 89.1 Å². The summed E-state index contributed by atoms with van der Waals surface area (Å²) in [6, 6.07) is 8.93. The highest BCUT2D eigenvalue weighted by Gasteiger charge is 2.25. The van der Waals surface area contributed by atoms with Gasteiger partial charge in [0.1, 0.15) is 34.2 Å². The van der Waals surface area contributed by atoms with E-state index in [2.05, 4.69) is 26.1 Å². The number of hydrogen-bond acceptors (Lipinski definition) is 6. The Bertz CT molecular complexity index is 1010. The van der Waals surface area contributed by atoms with Crippen LogP contribution in [0, 0.1) is 0 Å². The second kappa shape index (κ2) is 14.0. The summed E-state index contributed by atoms with van der Waals surface area (Å²) < 4.78 is 35.2. The second-order valence-corrected chi connectivity index (χ2v) is 9.63. The Morgan fingerprint density at radius 1 is 0.917 bits per heavy atom. The Kier molecular flexibility index (Phi) is 11.4. The van der Waals surface area contributed by atoms with Gasteiger partial charge in [0, 0.05) is 23.8 Å². The number of methoxy groups -OCH3 is 4. The monoisotopic (exact) mass is 519 g/mol. The minimum Gasteiger partial charge on any atom is -0.612 e. The number of ether oxygens (including phenoxy) is 4. The number of nitrogens with one attached hydrogen (secondary N) is 1. The molecule has 36 heavy (non-hydrogen) atoms. The van der Waals surface area contributed by atoms with Gasteiger partial charge < -0.3 is 33.3 Å². The lowest BCUT2D eigenvalue weighted by molar-refractivity contribution is -0.915. The third-order valence-corrected chi connectivity index (χ3v) is 7.54. The first-order valence-electron chi connectivity index (χ1n) is 12.0. The highest BCUT2D eigenvalue weighted by Crippen LogP contribution is 2.35. The van der Waals surface area contributed by atoms with Gasteiger partial charge in [0.05, 0.1) is 59.3 Å². The van der Waals surface area contributed by atoms with Crippen LogP contribution in [0.3, 0.4) is 0 Å². The molecule has 0 fully saturated rings. The molecule has 0 radical (unpaired) electrons. The molecular formula is C27H39N2O6S+. The Balaban J connectivity index is 2.20. The van der Waals surface area contributed by atoms with E-state index in [4.69, 9.17) is 18.9 Å². The number of nitrogens with zero attached hydrogens (tertiary/aromatic N) is 1. The summed E-state index contributed by atoms with van der Waals surface area (Å²) in [6.45, 7) is 9.33. The maximum Gasteiger partial charge on any atom is 0.279 e. The average Bonchev–Trinajstić information content (AvgIpc) is 2.90. The van der Waals surface area contributed by atoms with Gasteiger partial charge in [-0.25, -0.2) is 0 Å². The van der Waals surface area contributed by atoms with E-state index in [1.54, 1.807) is 58.1 Å². The van der Waals surface area contributed by atoms with Gasteiger partial charge in [-0.05, 0) is 44.1 Å². The molecule has 0 saturated heterocycles. The molecule has 0 aliphatic heterocycles. The van der Waals surface area contributed by atoms with E-state index in [1.807, 2.05) is 12.1 Å². The van der Waals surface area contributed by atoms with Crippen LogP contribution in [-0.2, 0) is 21.7 Å². The van der Waals surface area contributed by atoms with E-state index >= 15 is 0 Å². The van der Waals surface area contributed by atoms with Crippen LogP contribution in [0.1, 0.15) is 31.9 Å². The summed E-state index contributed by atoms with van der Waals surface area (Å²) in [6.07, 6.45) is 1.72. The number of hydrogen-bond donors (Lipinski definition) is 1. The third kappa shape index (κ3) is 7.56. The third-order valence-electron chi connectivity index (χ3n) is 6.48. The zero-order valence-electron chi connectivity index (χ0n) is 22.4. The first-order chi connectivity index (χ1) is 17.3. The van der Waals surface area contributed by atoms with Crippen molar-refractivity contribution in [3.63, 3.8) is 0 Å². The van der Waals surface area contributed by atoms with Crippen LogP contribution < -0.4 is 24.3 Å². The Morgan fingerprint density at radius 2 is 1.50 bits per heavy atom. The lowest BCUT2D eigenvalue weighted by Gasteiger charge is -2.34. The molecule has 0 aliphatic rings. The lowest BCUT2D eigenvalue weighted by atomic mass is 10.1. The molecule has 1 N–H and O–H groups in total. The summed E-state index contributed by atoms with van der Waals surface area (Å²) in [4.78, 5) is 12.8. The van der Waals surface area contributed by atoms with E-state index in [-0.39, 0.29) is 11.7 Å². The van der Waals surface area contributed by atoms with E-state index < -0.39 is 11.2 Å². The Morgan fingerprint density at radius 3 is 2.00 bits per heavy atom. The van der Waals surface area contributed by atoms with Gasteiger partial charge in [-0.2, -0.15) is 0 Å². The first kappa shape index (κ1) is 29.4. The minimum atomic E-state index is -1.33. The fraction of sp³-hybridized carbons (Fsp3) is 0.444. The molecule has 1 unspecified atom stereocenters. The van der Waals surface area contributed by atoms with Gasteiger partial charge in [-0.3, -0.25) is 4.79 Å². The zero-order chi connectivity index (χ0) is 26.7. The molecule has 2 aromatic rings. The molecule has 0 heterocycles. The molecule has 0 aliphatic carbocycles. The van der Waals surface area contributed by atoms with Crippen molar-refractivity contribution >= 4 is 28.8 Å². The smallest absolute Gasteiger partial charge is 0.279 e. The van der Waals surface area contributed by atoms with Crippen LogP contribution in [0.15, 0.2) is 35.7 Å². The molecule has 0 bridgehead atoms. The Hall–Kier alpha value is -2.88. The number of amides is 1. The van der Waals surface area contributed by atoms with Crippen molar-refractivity contribution in [3.05, 3.63) is 46.9 Å². The highest BCUT2D eigenvalue weighted by molar-refractivity contribution is 7.93. The molecule has 0 saturated carbocycles. The molecule has 2 rings (SSSR count). The normalized spacial score (nSPS) is 12.3. The Labute approximate surface area is 218 Å². The predicted molar refractivity (Wildman–Crippen MR) is 145 cm³/mol. The van der Waals surface area contributed by atoms with Gasteiger partial charge in [-0.1, -0.05) is 6.07 Å². The number of quaternary nitrogens is 1. The molecule has 8 nitrogen and oxygen atoms in total. The number of carbonyl (C=O) groups is 1. The molecular weight excluding hydrogens is 480 g/mol. The van der Waals surface area contributed by atoms with Crippen molar-refractivity contribution in [2.75, 3.05) is 59.9 Å². The molecule has 198 valence electrons. The predicted octanol–water partition coefficient (Wildman–Crippen LogP) is 4.46. The number of likely N-dealkylation sites (N-methyl/N-ethyl adjacent to an activating group) is 1. The van der Waals surface area contributed by atoms with Gasteiger partial charge in [0.2, 0.25) is 0 Å². The first-order valence-corrected chi connectivity index (χ1v) is 13.3. The molecule has 2 aromatic carbocycles. The molecule has 1 atom stereocenters. The van der Waals surface area contributed by atoms with E-state index in [9.17, 15) is 9.35 Å². The largest absolute Gasteiger partial charge is 0.612 e. The number of carbonyl (C=O) groups excluding carboxylic acids is 1. The van der Waals surface area contributed by atoms with Crippen molar-refractivity contribution in [2.45, 2.75) is 26.5 Å². The van der Waals surface area contributed by atoms with Crippen molar-refractivity contribution in [1.82, 2.24) is 0 Å². The second-order valence-electron chi connectivity index (χ2n) is 8.30. The summed E-state index contributed by atoms with van der Waals surface area (Å²) in [5, 5.41) is 4.59. The summed E-state index contributed by atoms with van der Waals surface area (Å²) in [5.41, 5.74) is 2.05. The summed E-state index contributed by atoms with van der Waals surface area (Å²) >= 11 is -1.33. The van der Waals surface area contributed by atoms with Crippen LogP contribution in [-0.4, -0.2) is 69.6 Å². The SMILES string of the molecule is CC[N+](CC)(CC)CC(=O)Nc1cc(C[S+]([O-])/C=C/c2c(OC)cc(OC)cc2OC)ccc1OC. The minimum absolute atomic E-state index is 0.0734. The maximum absolute atomic E-state index is 12.9. The lowest BCUT2D eigenvalue weighted by Crippen LogP contribution is -2.51. The van der Waals surface area contributed by atoms with Gasteiger partial charge >= 0.3 is 0 Å². The van der Waals surface area contributed by atoms with Crippen LogP contribution in [0.25, 0.3) is 6.08 Å². The van der Waals surface area contributed by atoms with Gasteiger partial charge in [-0.15, -0.1) is 0 Å². The van der Waals surface area contributed by atoms with Crippen LogP contribution >= 0.6 is 0 Å². The summed E-state index contributed by atoms with van der Waals surface area (Å²) in [7, 11) is 6.24. The highest BCUT2D eigenvalue weighted by atomic mass is 32.2. The molecule has 1 amide bonds. The van der Waals surface area contributed by atoms with Crippen LogP contribution in [0.4, 0.5) is 5.69 Å². The number of benzene rings is 2. The molecule has 0 aromatic heterocycles. The zero-order valence-corrected chi connectivity index (χ0v) is 23.2. The molecule has 9 heteroatoms. The van der Waals surface area contributed by atoms with Gasteiger partial charge in [0.25, 0.3) is 5.91 Å².